The average Bonchev–Trinajstić information content (AvgIpc) is 2.93. The highest BCUT2D eigenvalue weighted by molar-refractivity contribution is 6.30. The van der Waals surface area contributed by atoms with Gasteiger partial charge < -0.3 is 9.30 Å². The van der Waals surface area contributed by atoms with Crippen molar-refractivity contribution in [3.8, 4) is 11.1 Å². The van der Waals surface area contributed by atoms with Gasteiger partial charge in [-0.15, -0.1) is 0 Å². The van der Waals surface area contributed by atoms with Crippen molar-refractivity contribution < 1.29 is 9.53 Å². The molecule has 172 valence electrons. The molecular formula is C27H35ClN2O2. The number of halogens is 1. The Bertz CT molecular complexity index is 1140. The Morgan fingerprint density at radius 2 is 1.78 bits per heavy atom. The molecule has 0 N–H and O–H groups in total. The number of fused-ring (bicyclic) bond motifs is 1. The molecule has 0 radical (unpaired) electrons. The molecular weight excluding hydrogens is 420 g/mol. The van der Waals surface area contributed by atoms with E-state index < -0.39 is 11.7 Å². The number of carbonyl (C=O) groups is 1. The van der Waals surface area contributed by atoms with E-state index in [1.807, 2.05) is 52.0 Å². The Balaban J connectivity index is 2.45. The van der Waals surface area contributed by atoms with Crippen molar-refractivity contribution in [1.82, 2.24) is 9.55 Å². The minimum absolute atomic E-state index is 0.0285. The monoisotopic (exact) mass is 454 g/mol. The highest BCUT2D eigenvalue weighted by atomic mass is 35.5. The molecule has 0 aliphatic rings. The van der Waals surface area contributed by atoms with E-state index in [-0.39, 0.29) is 5.78 Å². The zero-order valence-corrected chi connectivity index (χ0v) is 21.4. The minimum atomic E-state index is -0.698. The maximum Gasteiger partial charge on any atom is 0.163 e. The number of hydrogen-bond acceptors (Lipinski definition) is 3. The lowest BCUT2D eigenvalue weighted by atomic mass is 9.90. The molecule has 3 aromatic rings. The molecule has 1 aromatic carbocycles. The number of aromatic nitrogens is 2. The van der Waals surface area contributed by atoms with E-state index in [1.54, 1.807) is 6.92 Å². The number of nitrogens with zero attached hydrogens (tertiary/aromatic N) is 2. The van der Waals surface area contributed by atoms with Crippen molar-refractivity contribution in [2.75, 3.05) is 0 Å². The van der Waals surface area contributed by atoms with Gasteiger partial charge in [-0.1, -0.05) is 37.1 Å². The van der Waals surface area contributed by atoms with Crippen LogP contribution < -0.4 is 0 Å². The topological polar surface area (TPSA) is 44.1 Å². The highest BCUT2D eigenvalue weighted by Gasteiger charge is 2.31. The molecule has 0 aliphatic heterocycles. The molecule has 0 spiro atoms. The van der Waals surface area contributed by atoms with E-state index in [4.69, 9.17) is 21.3 Å². The third kappa shape index (κ3) is 4.77. The molecule has 1 atom stereocenters. The molecule has 2 heterocycles. The summed E-state index contributed by atoms with van der Waals surface area (Å²) in [6, 6.07) is 7.83. The van der Waals surface area contributed by atoms with Crippen LogP contribution in [-0.2, 0) is 16.1 Å². The van der Waals surface area contributed by atoms with E-state index in [0.29, 0.717) is 5.02 Å². The number of Topliss-reactive ketones (excluding diaryl/α,β-unsaturated/α-hetero) is 1. The number of pyridine rings is 1. The highest BCUT2D eigenvalue weighted by Crippen LogP contribution is 2.42. The van der Waals surface area contributed by atoms with Crippen molar-refractivity contribution in [3.63, 3.8) is 0 Å². The molecule has 3 rings (SSSR count). The summed E-state index contributed by atoms with van der Waals surface area (Å²) in [5.41, 5.74) is 6.59. The predicted molar refractivity (Wildman–Crippen MR) is 134 cm³/mol. The first-order valence-corrected chi connectivity index (χ1v) is 11.8. The van der Waals surface area contributed by atoms with Gasteiger partial charge in [-0.05, 0) is 78.1 Å². The fourth-order valence-electron chi connectivity index (χ4n) is 4.32. The SMILES string of the molecule is CCCCn1c(C)c(C)c2c(-c3ccc(Cl)cc3)c(C(OC(C)(C)C)C(C)=O)c(C)nc21. The molecule has 4 nitrogen and oxygen atoms in total. The van der Waals surface area contributed by atoms with Crippen molar-refractivity contribution in [2.24, 2.45) is 0 Å². The number of carbonyl (C=O) groups excluding carboxylic acids is 1. The van der Waals surface area contributed by atoms with Crippen LogP contribution in [0.1, 0.15) is 76.1 Å². The average molecular weight is 455 g/mol. The second-order valence-electron chi connectivity index (χ2n) is 9.63. The third-order valence-corrected chi connectivity index (χ3v) is 6.21. The predicted octanol–water partition coefficient (Wildman–Crippen LogP) is 7.53. The van der Waals surface area contributed by atoms with Gasteiger partial charge in [-0.3, -0.25) is 4.79 Å². The Hall–Kier alpha value is -2.17. The summed E-state index contributed by atoms with van der Waals surface area (Å²) >= 11 is 6.21. The fourth-order valence-corrected chi connectivity index (χ4v) is 4.45. The second-order valence-corrected chi connectivity index (χ2v) is 10.1. The van der Waals surface area contributed by atoms with Crippen molar-refractivity contribution in [3.05, 3.63) is 51.8 Å². The molecule has 0 amide bonds. The number of unbranched alkanes of at least 4 members (excludes halogenated alkanes) is 1. The van der Waals surface area contributed by atoms with Crippen molar-refractivity contribution in [2.45, 2.75) is 86.5 Å². The van der Waals surface area contributed by atoms with Crippen LogP contribution in [-0.4, -0.2) is 20.9 Å². The van der Waals surface area contributed by atoms with E-state index >= 15 is 0 Å². The van der Waals surface area contributed by atoms with Crippen molar-refractivity contribution >= 4 is 28.4 Å². The van der Waals surface area contributed by atoms with Crippen LogP contribution in [0.15, 0.2) is 24.3 Å². The summed E-state index contributed by atoms with van der Waals surface area (Å²) in [5, 5.41) is 1.77. The summed E-state index contributed by atoms with van der Waals surface area (Å²) in [6.07, 6.45) is 1.51. The molecule has 0 fully saturated rings. The maximum absolute atomic E-state index is 12.9. The lowest BCUT2D eigenvalue weighted by molar-refractivity contribution is -0.138. The van der Waals surface area contributed by atoms with Gasteiger partial charge in [-0.25, -0.2) is 4.98 Å². The van der Waals surface area contributed by atoms with Crippen LogP contribution in [0.4, 0.5) is 0 Å². The van der Waals surface area contributed by atoms with Gasteiger partial charge in [-0.2, -0.15) is 0 Å². The summed E-state index contributed by atoms with van der Waals surface area (Å²) in [7, 11) is 0. The molecule has 0 saturated heterocycles. The zero-order chi connectivity index (χ0) is 23.8. The van der Waals surface area contributed by atoms with Gasteiger partial charge in [0.2, 0.25) is 0 Å². The lowest BCUT2D eigenvalue weighted by Gasteiger charge is -2.29. The Morgan fingerprint density at radius 3 is 2.31 bits per heavy atom. The van der Waals surface area contributed by atoms with E-state index in [1.165, 1.54) is 11.3 Å². The van der Waals surface area contributed by atoms with Gasteiger partial charge in [0.25, 0.3) is 0 Å². The quantitative estimate of drug-likeness (QED) is 0.370. The standard InChI is InChI=1S/C27H35ClN2O2/c1-9-10-15-30-18(4)16(2)22-24(20-11-13-21(28)14-12-20)23(17(3)29-26(22)30)25(19(5)31)32-27(6,7)8/h11-14,25H,9-10,15H2,1-8H3. The normalized spacial score (nSPS) is 13.0. The van der Waals surface area contributed by atoms with E-state index in [2.05, 4.69) is 25.3 Å². The Kier molecular flexibility index (Phi) is 7.16. The van der Waals surface area contributed by atoms with E-state index in [9.17, 15) is 4.79 Å². The summed E-state index contributed by atoms with van der Waals surface area (Å²) in [5.74, 6) is -0.0285. The largest absolute Gasteiger partial charge is 0.360 e. The Morgan fingerprint density at radius 1 is 1.16 bits per heavy atom. The van der Waals surface area contributed by atoms with E-state index in [0.717, 1.165) is 52.8 Å². The number of ketones is 1. The smallest absolute Gasteiger partial charge is 0.163 e. The maximum atomic E-state index is 12.9. The summed E-state index contributed by atoms with van der Waals surface area (Å²) in [4.78, 5) is 17.9. The van der Waals surface area contributed by atoms with Crippen LogP contribution in [0.5, 0.6) is 0 Å². The fraction of sp³-hybridized carbons (Fsp3) is 0.481. The molecule has 0 saturated carbocycles. The number of ether oxygens (including phenoxy) is 1. The van der Waals surface area contributed by atoms with Crippen LogP contribution in [0.3, 0.4) is 0 Å². The summed E-state index contributed by atoms with van der Waals surface area (Å²) in [6.45, 7) is 16.9. The number of hydrogen-bond donors (Lipinski definition) is 0. The summed E-state index contributed by atoms with van der Waals surface area (Å²) < 4.78 is 8.64. The lowest BCUT2D eigenvalue weighted by Crippen LogP contribution is -2.27. The number of benzene rings is 1. The molecule has 32 heavy (non-hydrogen) atoms. The second kappa shape index (κ2) is 9.36. The number of rotatable bonds is 7. The first-order valence-electron chi connectivity index (χ1n) is 11.4. The Labute approximate surface area is 196 Å². The van der Waals surface area contributed by atoms with Gasteiger partial charge in [0.05, 0.1) is 5.60 Å². The third-order valence-electron chi connectivity index (χ3n) is 5.96. The van der Waals surface area contributed by atoms with Crippen LogP contribution in [0.2, 0.25) is 5.02 Å². The first kappa shape index (κ1) is 24.5. The number of aryl methyl sites for hydroxylation is 3. The molecule has 0 aliphatic carbocycles. The molecule has 2 aromatic heterocycles. The van der Waals surface area contributed by atoms with Crippen LogP contribution in [0.25, 0.3) is 22.2 Å². The van der Waals surface area contributed by atoms with Gasteiger partial charge in [0, 0.05) is 39.5 Å². The molecule has 5 heteroatoms. The van der Waals surface area contributed by atoms with Gasteiger partial charge >= 0.3 is 0 Å². The molecule has 1 unspecified atom stereocenters. The van der Waals surface area contributed by atoms with Crippen molar-refractivity contribution in [1.29, 1.82) is 0 Å². The first-order chi connectivity index (χ1) is 15.0. The van der Waals surface area contributed by atoms with Gasteiger partial charge in [0.15, 0.2) is 5.78 Å². The van der Waals surface area contributed by atoms with Crippen LogP contribution in [0, 0.1) is 20.8 Å². The minimum Gasteiger partial charge on any atom is -0.360 e. The zero-order valence-electron chi connectivity index (χ0n) is 20.6. The van der Waals surface area contributed by atoms with Crippen LogP contribution >= 0.6 is 11.6 Å². The molecule has 0 bridgehead atoms. The van der Waals surface area contributed by atoms with Gasteiger partial charge in [0.1, 0.15) is 11.8 Å².